The van der Waals surface area contributed by atoms with Gasteiger partial charge in [0.25, 0.3) is 0 Å². The molecule has 0 spiro atoms. The second kappa shape index (κ2) is 8.78. The Bertz CT molecular complexity index is 902. The summed E-state index contributed by atoms with van der Waals surface area (Å²) in [6.45, 7) is 7.34. The first-order valence-corrected chi connectivity index (χ1v) is 10.2. The summed E-state index contributed by atoms with van der Waals surface area (Å²) >= 11 is 0. The average Bonchev–Trinajstić information content (AvgIpc) is 3.03. The first-order chi connectivity index (χ1) is 14.2. The molecule has 2 aromatic carbocycles. The third-order valence-corrected chi connectivity index (χ3v) is 5.24. The van der Waals surface area contributed by atoms with E-state index >= 15 is 0 Å². The monoisotopic (exact) mass is 410 g/mol. The smallest absolute Gasteiger partial charge is 0.408 e. The fourth-order valence-electron chi connectivity index (χ4n) is 3.69. The van der Waals surface area contributed by atoms with Crippen molar-refractivity contribution in [2.45, 2.75) is 57.7 Å². The molecule has 1 aliphatic carbocycles. The van der Waals surface area contributed by atoms with Gasteiger partial charge in [0.1, 0.15) is 11.4 Å². The quantitative estimate of drug-likeness (QED) is 0.778. The number of carbonyl (C=O) groups is 2. The fraction of sp³-hybridized carbons (Fsp3) is 0.417. The summed E-state index contributed by atoms with van der Waals surface area (Å²) in [5, 5.41) is 6.08. The highest BCUT2D eigenvalue weighted by atomic mass is 16.6. The predicted molar refractivity (Wildman–Crippen MR) is 116 cm³/mol. The van der Waals surface area contributed by atoms with E-state index in [0.29, 0.717) is 6.42 Å². The van der Waals surface area contributed by atoms with Gasteiger partial charge in [0, 0.05) is 0 Å². The van der Waals surface area contributed by atoms with Crippen molar-refractivity contribution in [1.82, 2.24) is 10.6 Å². The number of carbonyl (C=O) groups excluding carboxylic acids is 2. The second-order valence-electron chi connectivity index (χ2n) is 8.64. The molecule has 0 fully saturated rings. The van der Waals surface area contributed by atoms with Crippen molar-refractivity contribution in [2.24, 2.45) is 0 Å². The molecule has 0 saturated heterocycles. The zero-order valence-electron chi connectivity index (χ0n) is 18.2. The highest BCUT2D eigenvalue weighted by molar-refractivity contribution is 5.84. The summed E-state index contributed by atoms with van der Waals surface area (Å²) in [4.78, 5) is 25.4. The number of hydrogen-bond donors (Lipinski definition) is 2. The summed E-state index contributed by atoms with van der Waals surface area (Å²) in [6, 6.07) is 14.8. The standard InChI is InChI=1S/C24H30N2O4/c1-15(16-10-12-18(29-5)13-11-16)22(27)25-20-14-17-8-6-7-9-19(17)21(20)26-23(28)30-24(2,3)4/h6-13,15,20-21H,14H2,1-5H3,(H,25,27)(H,26,28)/t15?,20-,21-/m0/s1. The molecule has 2 aromatic rings. The van der Waals surface area contributed by atoms with Gasteiger partial charge in [-0.3, -0.25) is 4.79 Å². The van der Waals surface area contributed by atoms with Crippen LogP contribution in [0.25, 0.3) is 0 Å². The van der Waals surface area contributed by atoms with Crippen LogP contribution >= 0.6 is 0 Å². The number of ether oxygens (including phenoxy) is 2. The average molecular weight is 411 g/mol. The predicted octanol–water partition coefficient (Wildman–Crippen LogP) is 4.11. The van der Waals surface area contributed by atoms with Crippen LogP contribution in [0.5, 0.6) is 5.75 Å². The minimum Gasteiger partial charge on any atom is -0.497 e. The van der Waals surface area contributed by atoms with E-state index in [4.69, 9.17) is 9.47 Å². The Morgan fingerprint density at radius 1 is 1.03 bits per heavy atom. The lowest BCUT2D eigenvalue weighted by Gasteiger charge is -2.26. The minimum atomic E-state index is -0.593. The molecule has 3 rings (SSSR count). The van der Waals surface area contributed by atoms with Crippen LogP contribution in [0, 0.1) is 0 Å². The van der Waals surface area contributed by atoms with Gasteiger partial charge in [0.2, 0.25) is 5.91 Å². The van der Waals surface area contributed by atoms with Gasteiger partial charge in [-0.25, -0.2) is 4.79 Å². The molecule has 6 nitrogen and oxygen atoms in total. The van der Waals surface area contributed by atoms with Gasteiger partial charge in [0.05, 0.1) is 25.1 Å². The van der Waals surface area contributed by atoms with E-state index < -0.39 is 11.7 Å². The van der Waals surface area contributed by atoms with E-state index in [1.165, 1.54) is 0 Å². The van der Waals surface area contributed by atoms with Crippen molar-refractivity contribution >= 4 is 12.0 Å². The maximum Gasteiger partial charge on any atom is 0.408 e. The zero-order chi connectivity index (χ0) is 21.9. The summed E-state index contributed by atoms with van der Waals surface area (Å²) in [7, 11) is 1.61. The lowest BCUT2D eigenvalue weighted by atomic mass is 9.99. The SMILES string of the molecule is COc1ccc(C(C)C(=O)N[C@H]2Cc3ccccc3[C@@H]2NC(=O)OC(C)(C)C)cc1. The Kier molecular flexibility index (Phi) is 6.34. The number of fused-ring (bicyclic) bond motifs is 1. The van der Waals surface area contributed by atoms with Gasteiger partial charge in [-0.15, -0.1) is 0 Å². The molecule has 0 saturated carbocycles. The van der Waals surface area contributed by atoms with E-state index in [1.54, 1.807) is 7.11 Å². The Morgan fingerprint density at radius 2 is 1.70 bits per heavy atom. The Balaban J connectivity index is 1.74. The number of benzene rings is 2. The lowest BCUT2D eigenvalue weighted by Crippen LogP contribution is -2.46. The zero-order valence-corrected chi connectivity index (χ0v) is 18.2. The van der Waals surface area contributed by atoms with Crippen LogP contribution in [0.3, 0.4) is 0 Å². The van der Waals surface area contributed by atoms with Crippen LogP contribution in [-0.4, -0.2) is 30.8 Å². The maximum absolute atomic E-state index is 13.0. The molecule has 0 heterocycles. The highest BCUT2D eigenvalue weighted by Crippen LogP contribution is 2.32. The molecule has 1 unspecified atom stereocenters. The summed E-state index contributed by atoms with van der Waals surface area (Å²) in [5.74, 6) is 0.329. The molecule has 160 valence electrons. The van der Waals surface area contributed by atoms with Crippen LogP contribution in [0.2, 0.25) is 0 Å². The van der Waals surface area contributed by atoms with Crippen LogP contribution in [0.15, 0.2) is 48.5 Å². The Morgan fingerprint density at radius 3 is 2.33 bits per heavy atom. The van der Waals surface area contributed by atoms with E-state index in [2.05, 4.69) is 10.6 Å². The molecule has 0 aliphatic heterocycles. The van der Waals surface area contributed by atoms with Crippen LogP contribution < -0.4 is 15.4 Å². The Labute approximate surface area is 178 Å². The maximum atomic E-state index is 13.0. The first kappa shape index (κ1) is 21.7. The number of amides is 2. The lowest BCUT2D eigenvalue weighted by molar-refractivity contribution is -0.123. The molecule has 6 heteroatoms. The van der Waals surface area contributed by atoms with E-state index in [1.807, 2.05) is 76.2 Å². The minimum absolute atomic E-state index is 0.0889. The van der Waals surface area contributed by atoms with Crippen LogP contribution in [0.1, 0.15) is 56.3 Å². The van der Waals surface area contributed by atoms with Crippen molar-refractivity contribution in [3.8, 4) is 5.75 Å². The Hall–Kier alpha value is -3.02. The van der Waals surface area contributed by atoms with Crippen LogP contribution in [-0.2, 0) is 16.0 Å². The highest BCUT2D eigenvalue weighted by Gasteiger charge is 2.36. The summed E-state index contributed by atoms with van der Waals surface area (Å²) in [6.07, 6.45) is 0.157. The number of nitrogens with one attached hydrogen (secondary N) is 2. The number of methoxy groups -OCH3 is 1. The molecule has 1 aliphatic rings. The topological polar surface area (TPSA) is 76.7 Å². The molecule has 3 atom stereocenters. The molecule has 2 N–H and O–H groups in total. The van der Waals surface area contributed by atoms with E-state index in [9.17, 15) is 9.59 Å². The molecule has 0 bridgehead atoms. The van der Waals surface area contributed by atoms with Crippen molar-refractivity contribution in [3.05, 3.63) is 65.2 Å². The van der Waals surface area contributed by atoms with Crippen molar-refractivity contribution in [3.63, 3.8) is 0 Å². The number of hydrogen-bond acceptors (Lipinski definition) is 4. The van der Waals surface area contributed by atoms with Crippen molar-refractivity contribution in [1.29, 1.82) is 0 Å². The van der Waals surface area contributed by atoms with Gasteiger partial charge in [-0.05, 0) is 62.9 Å². The van der Waals surface area contributed by atoms with Crippen LogP contribution in [0.4, 0.5) is 4.79 Å². The normalized spacial score (nSPS) is 18.8. The van der Waals surface area contributed by atoms with Gasteiger partial charge >= 0.3 is 6.09 Å². The van der Waals surface area contributed by atoms with Gasteiger partial charge in [-0.2, -0.15) is 0 Å². The van der Waals surface area contributed by atoms with Gasteiger partial charge < -0.3 is 20.1 Å². The third kappa shape index (κ3) is 5.12. The largest absolute Gasteiger partial charge is 0.497 e. The van der Waals surface area contributed by atoms with Gasteiger partial charge in [-0.1, -0.05) is 36.4 Å². The van der Waals surface area contributed by atoms with Crippen molar-refractivity contribution in [2.75, 3.05) is 7.11 Å². The third-order valence-electron chi connectivity index (χ3n) is 5.24. The fourth-order valence-corrected chi connectivity index (χ4v) is 3.69. The van der Waals surface area contributed by atoms with Gasteiger partial charge in [0.15, 0.2) is 0 Å². The number of alkyl carbamates (subject to hydrolysis) is 1. The molecule has 2 amide bonds. The summed E-state index contributed by atoms with van der Waals surface area (Å²) < 4.78 is 10.6. The van der Waals surface area contributed by atoms with E-state index in [0.717, 1.165) is 22.4 Å². The number of rotatable bonds is 5. The molecular weight excluding hydrogens is 380 g/mol. The molecule has 30 heavy (non-hydrogen) atoms. The molecule has 0 aromatic heterocycles. The second-order valence-corrected chi connectivity index (χ2v) is 8.64. The molecule has 0 radical (unpaired) electrons. The van der Waals surface area contributed by atoms with Crippen molar-refractivity contribution < 1.29 is 19.1 Å². The van der Waals surface area contributed by atoms with E-state index in [-0.39, 0.29) is 23.9 Å². The first-order valence-electron chi connectivity index (χ1n) is 10.2. The summed E-state index contributed by atoms with van der Waals surface area (Å²) in [5.41, 5.74) is 2.43. The molecular formula is C24H30N2O4.